The number of Topliss-reactive ketones (excluding diaryl/α,β-unsaturated/α-hetero) is 1. The SMILES string of the molecule is C=CC[C@@H]1C(=O)CC[C@]2(C)[C@H]3CC[C@]4(C)[C@@H]([C@H](C)CCCC(C)(C)O)CC[C@H]4[C@@H]3CC[C@@H]12. The van der Waals surface area contributed by atoms with Gasteiger partial charge in [-0.05, 0) is 118 Å². The number of carbonyl (C=O) groups is 1. The summed E-state index contributed by atoms with van der Waals surface area (Å²) in [7, 11) is 0. The predicted molar refractivity (Wildman–Crippen MR) is 133 cm³/mol. The van der Waals surface area contributed by atoms with Crippen LogP contribution in [-0.2, 0) is 4.79 Å². The monoisotopic (exact) mass is 442 g/mol. The average molecular weight is 443 g/mol. The van der Waals surface area contributed by atoms with Gasteiger partial charge in [-0.1, -0.05) is 39.7 Å². The topological polar surface area (TPSA) is 37.3 Å². The smallest absolute Gasteiger partial charge is 0.136 e. The Bertz CT molecular complexity index is 704. The molecular formula is C30H50O2. The lowest BCUT2D eigenvalue weighted by molar-refractivity contribution is -0.152. The van der Waals surface area contributed by atoms with Gasteiger partial charge in [-0.25, -0.2) is 0 Å². The lowest BCUT2D eigenvalue weighted by atomic mass is 9.43. The number of fused-ring (bicyclic) bond motifs is 5. The molecule has 0 saturated heterocycles. The van der Waals surface area contributed by atoms with Crippen LogP contribution in [0, 0.1) is 52.3 Å². The maximum Gasteiger partial charge on any atom is 0.136 e. The van der Waals surface area contributed by atoms with Gasteiger partial charge >= 0.3 is 0 Å². The molecule has 4 fully saturated rings. The molecule has 9 atom stereocenters. The van der Waals surface area contributed by atoms with E-state index in [0.717, 1.165) is 61.7 Å². The number of hydrogen-bond donors (Lipinski definition) is 1. The molecule has 2 nitrogen and oxygen atoms in total. The van der Waals surface area contributed by atoms with Crippen LogP contribution in [0.3, 0.4) is 0 Å². The van der Waals surface area contributed by atoms with Crippen LogP contribution in [0.4, 0.5) is 0 Å². The van der Waals surface area contributed by atoms with E-state index in [0.29, 0.717) is 22.5 Å². The summed E-state index contributed by atoms with van der Waals surface area (Å²) in [5.74, 6) is 5.55. The fourth-order valence-electron chi connectivity index (χ4n) is 9.83. The Labute approximate surface area is 198 Å². The van der Waals surface area contributed by atoms with Crippen LogP contribution in [0.15, 0.2) is 12.7 Å². The molecular weight excluding hydrogens is 392 g/mol. The summed E-state index contributed by atoms with van der Waals surface area (Å²) >= 11 is 0. The summed E-state index contributed by atoms with van der Waals surface area (Å²) in [6.07, 6.45) is 16.4. The zero-order chi connectivity index (χ0) is 23.3. The third-order valence-corrected chi connectivity index (χ3v) is 11.4. The van der Waals surface area contributed by atoms with Crippen molar-refractivity contribution in [3.8, 4) is 0 Å². The van der Waals surface area contributed by atoms with Crippen LogP contribution in [0.2, 0.25) is 0 Å². The highest BCUT2D eigenvalue weighted by atomic mass is 16.3. The first-order valence-corrected chi connectivity index (χ1v) is 13.9. The number of hydrogen-bond acceptors (Lipinski definition) is 2. The largest absolute Gasteiger partial charge is 0.390 e. The minimum absolute atomic E-state index is 0.243. The molecule has 0 spiro atoms. The fourth-order valence-corrected chi connectivity index (χ4v) is 9.83. The number of rotatable bonds is 7. The zero-order valence-corrected chi connectivity index (χ0v) is 21.7. The maximum atomic E-state index is 12.8. The number of ketones is 1. The Morgan fingerprint density at radius 3 is 2.44 bits per heavy atom. The molecule has 4 aliphatic carbocycles. The third kappa shape index (κ3) is 4.16. The summed E-state index contributed by atoms with van der Waals surface area (Å²) in [6.45, 7) is 15.6. The van der Waals surface area contributed by atoms with Gasteiger partial charge in [0.1, 0.15) is 5.78 Å². The van der Waals surface area contributed by atoms with Crippen molar-refractivity contribution in [1.82, 2.24) is 0 Å². The minimum atomic E-state index is -0.529. The Balaban J connectivity index is 1.48. The molecule has 4 saturated carbocycles. The molecule has 32 heavy (non-hydrogen) atoms. The van der Waals surface area contributed by atoms with Crippen LogP contribution in [0.5, 0.6) is 0 Å². The molecule has 0 unspecified atom stereocenters. The fraction of sp³-hybridized carbons (Fsp3) is 0.900. The molecule has 0 amide bonds. The molecule has 2 heteroatoms. The lowest BCUT2D eigenvalue weighted by Gasteiger charge is -2.62. The van der Waals surface area contributed by atoms with E-state index in [1.54, 1.807) is 0 Å². The molecule has 0 bridgehead atoms. The van der Waals surface area contributed by atoms with Crippen molar-refractivity contribution in [2.75, 3.05) is 0 Å². The number of allylic oxidation sites excluding steroid dienone is 1. The molecule has 0 radical (unpaired) electrons. The van der Waals surface area contributed by atoms with Crippen LogP contribution in [0.1, 0.15) is 112 Å². The van der Waals surface area contributed by atoms with Gasteiger partial charge in [-0.3, -0.25) is 4.79 Å². The summed E-state index contributed by atoms with van der Waals surface area (Å²) in [6, 6.07) is 0. The van der Waals surface area contributed by atoms with Gasteiger partial charge in [-0.2, -0.15) is 0 Å². The molecule has 0 aromatic carbocycles. The van der Waals surface area contributed by atoms with E-state index >= 15 is 0 Å². The second-order valence-electron chi connectivity index (χ2n) is 13.6. The quantitative estimate of drug-likeness (QED) is 0.412. The molecule has 0 aliphatic heterocycles. The van der Waals surface area contributed by atoms with Crippen LogP contribution in [-0.4, -0.2) is 16.5 Å². The molecule has 4 aliphatic rings. The summed E-state index contributed by atoms with van der Waals surface area (Å²) in [5.41, 5.74) is 0.338. The summed E-state index contributed by atoms with van der Waals surface area (Å²) in [4.78, 5) is 12.8. The summed E-state index contributed by atoms with van der Waals surface area (Å²) < 4.78 is 0. The molecule has 1 N–H and O–H groups in total. The highest BCUT2D eigenvalue weighted by Gasteiger charge is 2.61. The van der Waals surface area contributed by atoms with E-state index in [-0.39, 0.29) is 5.92 Å². The Hall–Kier alpha value is -0.630. The van der Waals surface area contributed by atoms with Crippen molar-refractivity contribution in [2.45, 2.75) is 117 Å². The standard InChI is InChI=1S/C30H50O2/c1-7-9-22-25-12-11-21-24-14-13-23(20(2)10-8-17-28(3,4)32)29(24,5)18-15-26(21)30(25,6)19-16-27(22)31/h7,20-26,32H,1,8-19H2,2-6H3/t20-,21+,22+,23-,24+,25+,26+,29-,30+/m1/s1. The van der Waals surface area contributed by atoms with Crippen LogP contribution >= 0.6 is 0 Å². The number of aliphatic hydroxyl groups is 1. The predicted octanol–water partition coefficient (Wildman–Crippen LogP) is 7.59. The Morgan fingerprint density at radius 2 is 1.75 bits per heavy atom. The van der Waals surface area contributed by atoms with Crippen LogP contribution < -0.4 is 0 Å². The van der Waals surface area contributed by atoms with E-state index < -0.39 is 5.60 Å². The van der Waals surface area contributed by atoms with Gasteiger partial charge in [0.2, 0.25) is 0 Å². The van der Waals surface area contributed by atoms with E-state index in [9.17, 15) is 9.90 Å². The van der Waals surface area contributed by atoms with Crippen molar-refractivity contribution in [2.24, 2.45) is 52.3 Å². The first-order chi connectivity index (χ1) is 15.0. The number of carbonyl (C=O) groups excluding carboxylic acids is 1. The van der Waals surface area contributed by atoms with Crippen molar-refractivity contribution >= 4 is 5.78 Å². The minimum Gasteiger partial charge on any atom is -0.390 e. The second-order valence-corrected chi connectivity index (χ2v) is 13.6. The zero-order valence-electron chi connectivity index (χ0n) is 21.7. The second kappa shape index (κ2) is 8.86. The van der Waals surface area contributed by atoms with Crippen molar-refractivity contribution in [3.05, 3.63) is 12.7 Å². The molecule has 0 aromatic rings. The summed E-state index contributed by atoms with van der Waals surface area (Å²) in [5, 5.41) is 10.1. The van der Waals surface area contributed by atoms with Crippen molar-refractivity contribution < 1.29 is 9.90 Å². The highest BCUT2D eigenvalue weighted by molar-refractivity contribution is 5.82. The first-order valence-electron chi connectivity index (χ1n) is 13.9. The van der Waals surface area contributed by atoms with E-state index in [1.807, 2.05) is 19.9 Å². The average Bonchev–Trinajstić information content (AvgIpc) is 3.07. The van der Waals surface area contributed by atoms with E-state index in [2.05, 4.69) is 27.4 Å². The van der Waals surface area contributed by atoms with Crippen LogP contribution in [0.25, 0.3) is 0 Å². The maximum absolute atomic E-state index is 12.8. The molecule has 0 heterocycles. The lowest BCUT2D eigenvalue weighted by Crippen LogP contribution is -2.56. The van der Waals surface area contributed by atoms with Crippen molar-refractivity contribution in [1.29, 1.82) is 0 Å². The normalized spacial score (nSPS) is 45.0. The Kier molecular flexibility index (Phi) is 6.78. The molecule has 182 valence electrons. The highest BCUT2D eigenvalue weighted by Crippen LogP contribution is 2.68. The van der Waals surface area contributed by atoms with Gasteiger partial charge < -0.3 is 5.11 Å². The Morgan fingerprint density at radius 1 is 1.06 bits per heavy atom. The third-order valence-electron chi connectivity index (χ3n) is 11.4. The van der Waals surface area contributed by atoms with Gasteiger partial charge in [0.05, 0.1) is 5.60 Å². The van der Waals surface area contributed by atoms with Gasteiger partial charge in [0.15, 0.2) is 0 Å². The van der Waals surface area contributed by atoms with Gasteiger partial charge in [0, 0.05) is 12.3 Å². The first kappa shape index (κ1) is 24.5. The molecule has 4 rings (SSSR count). The molecule has 0 aromatic heterocycles. The van der Waals surface area contributed by atoms with E-state index in [1.165, 1.54) is 44.9 Å². The van der Waals surface area contributed by atoms with Crippen molar-refractivity contribution in [3.63, 3.8) is 0 Å². The van der Waals surface area contributed by atoms with E-state index in [4.69, 9.17) is 0 Å². The van der Waals surface area contributed by atoms with Gasteiger partial charge in [0.25, 0.3) is 0 Å². The van der Waals surface area contributed by atoms with Gasteiger partial charge in [-0.15, -0.1) is 6.58 Å².